The molecule has 1 amide bonds. The Bertz CT molecular complexity index is 1100. The lowest BCUT2D eigenvalue weighted by molar-refractivity contribution is 0.0940. The first-order valence-corrected chi connectivity index (χ1v) is 9.36. The Balaban J connectivity index is 1.33. The van der Waals surface area contributed by atoms with E-state index in [1.165, 1.54) is 6.33 Å². The van der Waals surface area contributed by atoms with E-state index in [1.807, 2.05) is 31.2 Å². The maximum atomic E-state index is 12.6. The van der Waals surface area contributed by atoms with Crippen molar-refractivity contribution < 1.29 is 14.1 Å². The number of hydrogen-bond donors (Lipinski definition) is 1. The normalized spacial score (nSPS) is 11.8. The van der Waals surface area contributed by atoms with Gasteiger partial charge in [0.1, 0.15) is 18.4 Å². The molecule has 4 rings (SSSR count). The molecular weight excluding hydrogens is 384 g/mol. The van der Waals surface area contributed by atoms with Crippen LogP contribution in [0.15, 0.2) is 65.7 Å². The Morgan fingerprint density at radius 3 is 2.57 bits per heavy atom. The van der Waals surface area contributed by atoms with Gasteiger partial charge in [-0.05, 0) is 48.9 Å². The molecule has 152 valence electrons. The molecule has 1 N–H and O–H groups in total. The first kappa shape index (κ1) is 19.3. The van der Waals surface area contributed by atoms with Gasteiger partial charge in [-0.1, -0.05) is 17.3 Å². The zero-order valence-corrected chi connectivity index (χ0v) is 16.5. The van der Waals surface area contributed by atoms with Crippen molar-refractivity contribution >= 4 is 5.91 Å². The number of nitrogens with zero attached hydrogens (tertiary/aromatic N) is 5. The minimum Gasteiger partial charge on any atom is -0.485 e. The summed E-state index contributed by atoms with van der Waals surface area (Å²) in [7, 11) is 0. The van der Waals surface area contributed by atoms with Gasteiger partial charge in [-0.25, -0.2) is 9.67 Å². The number of carbonyl (C=O) groups is 1. The largest absolute Gasteiger partial charge is 0.485 e. The molecule has 0 aliphatic carbocycles. The molecule has 9 nitrogen and oxygen atoms in total. The summed E-state index contributed by atoms with van der Waals surface area (Å²) in [6, 6.07) is 14.5. The molecule has 0 radical (unpaired) electrons. The van der Waals surface area contributed by atoms with E-state index in [2.05, 4.69) is 25.5 Å². The van der Waals surface area contributed by atoms with Crippen molar-refractivity contribution in [3.8, 4) is 11.4 Å². The highest BCUT2D eigenvalue weighted by atomic mass is 16.5. The Hall–Kier alpha value is -4.01. The molecule has 0 saturated heterocycles. The van der Waals surface area contributed by atoms with Crippen molar-refractivity contribution in [1.82, 2.24) is 30.2 Å². The average molecular weight is 404 g/mol. The van der Waals surface area contributed by atoms with Gasteiger partial charge in [0.2, 0.25) is 11.7 Å². The van der Waals surface area contributed by atoms with Crippen molar-refractivity contribution in [1.29, 1.82) is 0 Å². The van der Waals surface area contributed by atoms with Gasteiger partial charge in [-0.15, -0.1) is 0 Å². The summed E-state index contributed by atoms with van der Waals surface area (Å²) >= 11 is 0. The molecule has 0 spiro atoms. The van der Waals surface area contributed by atoms with Crippen molar-refractivity contribution in [3.05, 3.63) is 84.0 Å². The molecule has 2 aromatic carbocycles. The maximum absolute atomic E-state index is 12.6. The average Bonchev–Trinajstić information content (AvgIpc) is 3.44. The molecule has 0 fully saturated rings. The van der Waals surface area contributed by atoms with Gasteiger partial charge in [0, 0.05) is 12.5 Å². The fraction of sp³-hybridized carbons (Fsp3) is 0.190. The van der Waals surface area contributed by atoms with Crippen LogP contribution in [-0.4, -0.2) is 30.8 Å². The predicted molar refractivity (Wildman–Crippen MR) is 107 cm³/mol. The van der Waals surface area contributed by atoms with E-state index < -0.39 is 0 Å². The molecule has 30 heavy (non-hydrogen) atoms. The Kier molecular flexibility index (Phi) is 5.51. The topological polar surface area (TPSA) is 108 Å². The van der Waals surface area contributed by atoms with E-state index in [4.69, 9.17) is 9.26 Å². The lowest BCUT2D eigenvalue weighted by atomic mass is 10.1. The van der Waals surface area contributed by atoms with Crippen LogP contribution in [0.1, 0.15) is 40.6 Å². The quantitative estimate of drug-likeness (QED) is 0.504. The fourth-order valence-electron chi connectivity index (χ4n) is 2.87. The van der Waals surface area contributed by atoms with Crippen molar-refractivity contribution in [2.45, 2.75) is 26.5 Å². The zero-order chi connectivity index (χ0) is 20.9. The van der Waals surface area contributed by atoms with Crippen LogP contribution < -0.4 is 10.1 Å². The number of ether oxygens (including phenoxy) is 1. The van der Waals surface area contributed by atoms with Crippen LogP contribution in [0.3, 0.4) is 0 Å². The minimum absolute atomic E-state index is 0.153. The third kappa shape index (κ3) is 4.52. The maximum Gasteiger partial charge on any atom is 0.251 e. The monoisotopic (exact) mass is 404 g/mol. The van der Waals surface area contributed by atoms with E-state index in [0.717, 1.165) is 11.3 Å². The highest BCUT2D eigenvalue weighted by molar-refractivity contribution is 5.94. The van der Waals surface area contributed by atoms with Crippen LogP contribution in [-0.2, 0) is 6.61 Å². The molecule has 2 aromatic heterocycles. The third-order valence-electron chi connectivity index (χ3n) is 4.48. The number of benzene rings is 2. The van der Waals surface area contributed by atoms with Gasteiger partial charge in [-0.3, -0.25) is 4.79 Å². The summed E-state index contributed by atoms with van der Waals surface area (Å²) in [6.07, 6.45) is 3.12. The minimum atomic E-state index is -0.164. The van der Waals surface area contributed by atoms with Gasteiger partial charge in [-0.2, -0.15) is 10.1 Å². The van der Waals surface area contributed by atoms with Gasteiger partial charge < -0.3 is 14.6 Å². The SMILES string of the molecule is Cc1nc(COc2ccc(C(=O)N[C@@H](C)c3ccc(-n4cncn4)cc3)cc2)no1. The van der Waals surface area contributed by atoms with Crippen LogP contribution in [0.2, 0.25) is 0 Å². The van der Waals surface area contributed by atoms with Gasteiger partial charge in [0.05, 0.1) is 11.7 Å². The van der Waals surface area contributed by atoms with Gasteiger partial charge >= 0.3 is 0 Å². The number of hydrogen-bond acceptors (Lipinski definition) is 7. The summed E-state index contributed by atoms with van der Waals surface area (Å²) in [5, 5.41) is 10.9. The second-order valence-corrected chi connectivity index (χ2v) is 6.67. The molecule has 2 heterocycles. The number of rotatable bonds is 7. The predicted octanol–water partition coefficient (Wildman–Crippen LogP) is 3.03. The smallest absolute Gasteiger partial charge is 0.251 e. The summed E-state index contributed by atoms with van der Waals surface area (Å²) in [5.74, 6) is 1.41. The molecule has 0 aliphatic rings. The van der Waals surface area contributed by atoms with Crippen LogP contribution >= 0.6 is 0 Å². The molecule has 0 saturated carbocycles. The second kappa shape index (κ2) is 8.56. The molecule has 4 aromatic rings. The lowest BCUT2D eigenvalue weighted by Crippen LogP contribution is -2.26. The highest BCUT2D eigenvalue weighted by Gasteiger charge is 2.12. The summed E-state index contributed by atoms with van der Waals surface area (Å²) < 4.78 is 12.2. The van der Waals surface area contributed by atoms with Gasteiger partial charge in [0.25, 0.3) is 5.91 Å². The highest BCUT2D eigenvalue weighted by Crippen LogP contribution is 2.17. The molecule has 0 aliphatic heterocycles. The number of carbonyl (C=O) groups excluding carboxylic acids is 1. The van der Waals surface area contributed by atoms with Crippen LogP contribution in [0.5, 0.6) is 5.75 Å². The standard InChI is InChI=1S/C21H20N6O3/c1-14(16-3-7-18(8-4-16)27-13-22-12-23-27)24-21(28)17-5-9-19(10-6-17)29-11-20-25-15(2)30-26-20/h3-10,12-14H,11H2,1-2H3,(H,24,28)/t14-/m0/s1. The summed E-state index contributed by atoms with van der Waals surface area (Å²) in [4.78, 5) is 20.6. The first-order valence-electron chi connectivity index (χ1n) is 9.36. The number of amides is 1. The van der Waals surface area contributed by atoms with Crippen LogP contribution in [0.25, 0.3) is 5.69 Å². The lowest BCUT2D eigenvalue weighted by Gasteiger charge is -2.15. The summed E-state index contributed by atoms with van der Waals surface area (Å²) in [6.45, 7) is 3.85. The van der Waals surface area contributed by atoms with Gasteiger partial charge in [0.15, 0.2) is 6.61 Å². The fourth-order valence-corrected chi connectivity index (χ4v) is 2.87. The molecule has 1 atom stereocenters. The zero-order valence-electron chi connectivity index (χ0n) is 16.5. The van der Waals surface area contributed by atoms with Crippen LogP contribution in [0, 0.1) is 6.92 Å². The van der Waals surface area contributed by atoms with Crippen molar-refractivity contribution in [2.75, 3.05) is 0 Å². The first-order chi connectivity index (χ1) is 14.6. The van der Waals surface area contributed by atoms with E-state index in [-0.39, 0.29) is 18.6 Å². The van der Waals surface area contributed by atoms with Crippen molar-refractivity contribution in [3.63, 3.8) is 0 Å². The molecular formula is C21H20N6O3. The second-order valence-electron chi connectivity index (χ2n) is 6.67. The number of nitrogens with one attached hydrogen (secondary N) is 1. The van der Waals surface area contributed by atoms with E-state index in [0.29, 0.717) is 23.0 Å². The van der Waals surface area contributed by atoms with E-state index >= 15 is 0 Å². The third-order valence-corrected chi connectivity index (χ3v) is 4.48. The Labute approximate surface area is 172 Å². The molecule has 0 bridgehead atoms. The van der Waals surface area contributed by atoms with E-state index in [9.17, 15) is 4.79 Å². The van der Waals surface area contributed by atoms with Crippen molar-refractivity contribution in [2.24, 2.45) is 0 Å². The molecule has 9 heteroatoms. The Morgan fingerprint density at radius 2 is 1.93 bits per heavy atom. The molecule has 0 unspecified atom stereocenters. The summed E-state index contributed by atoms with van der Waals surface area (Å²) in [5.41, 5.74) is 2.44. The number of aromatic nitrogens is 5. The number of aryl methyl sites for hydroxylation is 1. The van der Waals surface area contributed by atoms with E-state index in [1.54, 1.807) is 42.2 Å². The Morgan fingerprint density at radius 1 is 1.17 bits per heavy atom. The van der Waals surface area contributed by atoms with Crippen LogP contribution in [0.4, 0.5) is 0 Å².